The fraction of sp³-hybridized carbons (Fsp3) is 0.724. The van der Waals surface area contributed by atoms with E-state index in [9.17, 15) is 0 Å². The van der Waals surface area contributed by atoms with Gasteiger partial charge in [-0.25, -0.2) is 0 Å². The maximum atomic E-state index is 3.05. The van der Waals surface area contributed by atoms with Crippen LogP contribution in [0.4, 0.5) is 0 Å². The molecule has 2 atom stereocenters. The average Bonchev–Trinajstić information content (AvgIpc) is 2.65. The van der Waals surface area contributed by atoms with Gasteiger partial charge in [-0.1, -0.05) is 127 Å². The minimum absolute atomic E-state index is 0. The second-order valence-corrected chi connectivity index (χ2v) is 8.51. The highest BCUT2D eigenvalue weighted by atomic mass is 14.2. The molecule has 0 spiro atoms. The summed E-state index contributed by atoms with van der Waals surface area (Å²) in [5.74, 6) is 9.95. The zero-order valence-electron chi connectivity index (χ0n) is 18.8. The van der Waals surface area contributed by atoms with Gasteiger partial charge in [0.1, 0.15) is 0 Å². The zero-order valence-corrected chi connectivity index (χ0v) is 18.8. The summed E-state index contributed by atoms with van der Waals surface area (Å²) in [5, 5.41) is 0. The van der Waals surface area contributed by atoms with E-state index in [-0.39, 0.29) is 22.3 Å². The summed E-state index contributed by atoms with van der Waals surface area (Å²) in [6.07, 6.45) is 7.06. The van der Waals surface area contributed by atoms with E-state index in [1.54, 1.807) is 0 Å². The summed E-state index contributed by atoms with van der Waals surface area (Å²) >= 11 is 0. The van der Waals surface area contributed by atoms with E-state index in [0.717, 1.165) is 17.8 Å². The van der Waals surface area contributed by atoms with Crippen molar-refractivity contribution in [2.75, 3.05) is 0 Å². The first-order valence-electron chi connectivity index (χ1n) is 10.8. The summed E-state index contributed by atoms with van der Waals surface area (Å²) in [6.45, 7) is 17.7. The SMILES string of the molecule is C.C.C.CC#CC(C)CC.CC(C)C(C)c1ccccc1.CC1CCC(C)CC1. The number of hydrogen-bond donors (Lipinski definition) is 0. The Morgan fingerprint density at radius 2 is 1.24 bits per heavy atom. The van der Waals surface area contributed by atoms with E-state index in [0.29, 0.717) is 11.8 Å². The van der Waals surface area contributed by atoms with Gasteiger partial charge >= 0.3 is 0 Å². The van der Waals surface area contributed by atoms with Crippen molar-refractivity contribution in [3.63, 3.8) is 0 Å². The Balaban J connectivity index is -0.000000158. The van der Waals surface area contributed by atoms with Crippen molar-refractivity contribution in [2.24, 2.45) is 23.7 Å². The number of hydrogen-bond acceptors (Lipinski definition) is 0. The Kier molecular flexibility index (Phi) is 26.1. The molecule has 1 fully saturated rings. The smallest absolute Gasteiger partial charge is 0.0171 e. The fourth-order valence-electron chi connectivity index (χ4n) is 2.92. The van der Waals surface area contributed by atoms with Crippen LogP contribution < -0.4 is 0 Å². The first-order chi connectivity index (χ1) is 12.3. The molecule has 0 heterocycles. The van der Waals surface area contributed by atoms with Gasteiger partial charge in [-0.3, -0.25) is 0 Å². The Morgan fingerprint density at radius 3 is 1.52 bits per heavy atom. The molecule has 1 aromatic carbocycles. The topological polar surface area (TPSA) is 0 Å². The molecule has 0 amide bonds. The molecule has 1 saturated carbocycles. The third kappa shape index (κ3) is 18.5. The van der Waals surface area contributed by atoms with Crippen LogP contribution in [-0.4, -0.2) is 0 Å². The number of rotatable bonds is 3. The molecule has 0 saturated heterocycles. The molecule has 2 rings (SSSR count). The van der Waals surface area contributed by atoms with Crippen LogP contribution in [0.1, 0.15) is 121 Å². The highest BCUT2D eigenvalue weighted by Gasteiger charge is 2.13. The van der Waals surface area contributed by atoms with Crippen molar-refractivity contribution in [3.8, 4) is 11.8 Å². The molecule has 0 heteroatoms. The van der Waals surface area contributed by atoms with Crippen molar-refractivity contribution < 1.29 is 0 Å². The summed E-state index contributed by atoms with van der Waals surface area (Å²) in [5.41, 5.74) is 1.45. The van der Waals surface area contributed by atoms with Crippen molar-refractivity contribution in [1.29, 1.82) is 0 Å². The van der Waals surface area contributed by atoms with Crippen LogP contribution in [0.25, 0.3) is 0 Å². The van der Waals surface area contributed by atoms with Crippen LogP contribution in [-0.2, 0) is 0 Å². The Bertz CT molecular complexity index is 470. The molecule has 1 aromatic rings. The molecular weight excluding hydrogens is 348 g/mol. The summed E-state index contributed by atoms with van der Waals surface area (Å²) in [7, 11) is 0. The van der Waals surface area contributed by atoms with Crippen LogP contribution in [0.2, 0.25) is 0 Å². The third-order valence-corrected chi connectivity index (χ3v) is 5.63. The lowest BCUT2D eigenvalue weighted by Gasteiger charge is -2.22. The Labute approximate surface area is 187 Å². The maximum Gasteiger partial charge on any atom is 0.0171 e. The molecule has 1 aliphatic carbocycles. The molecule has 2 unspecified atom stereocenters. The van der Waals surface area contributed by atoms with Crippen LogP contribution in [0.3, 0.4) is 0 Å². The fourth-order valence-corrected chi connectivity index (χ4v) is 2.92. The highest BCUT2D eigenvalue weighted by Crippen LogP contribution is 2.27. The second-order valence-electron chi connectivity index (χ2n) is 8.51. The van der Waals surface area contributed by atoms with Gasteiger partial charge in [0.05, 0.1) is 0 Å². The van der Waals surface area contributed by atoms with Crippen molar-refractivity contribution in [1.82, 2.24) is 0 Å². The molecule has 0 N–H and O–H groups in total. The summed E-state index contributed by atoms with van der Waals surface area (Å²) in [4.78, 5) is 0. The maximum absolute atomic E-state index is 3.05. The molecule has 1 aliphatic rings. The van der Waals surface area contributed by atoms with Gasteiger partial charge in [0.25, 0.3) is 0 Å². The molecule has 0 bridgehead atoms. The van der Waals surface area contributed by atoms with E-state index in [2.05, 4.69) is 90.6 Å². The zero-order chi connectivity index (χ0) is 19.9. The van der Waals surface area contributed by atoms with E-state index in [4.69, 9.17) is 0 Å². The Hall–Kier alpha value is -1.22. The molecule has 0 nitrogen and oxygen atoms in total. The second kappa shape index (κ2) is 21.5. The quantitative estimate of drug-likeness (QED) is 0.439. The van der Waals surface area contributed by atoms with Gasteiger partial charge in [-0.05, 0) is 42.6 Å². The van der Waals surface area contributed by atoms with Crippen molar-refractivity contribution in [3.05, 3.63) is 35.9 Å². The van der Waals surface area contributed by atoms with E-state index in [1.165, 1.54) is 37.7 Å². The lowest BCUT2D eigenvalue weighted by Crippen LogP contribution is -2.08. The predicted octanol–water partition coefficient (Wildman–Crippen LogP) is 10.2. The van der Waals surface area contributed by atoms with Gasteiger partial charge < -0.3 is 0 Å². The predicted molar refractivity (Wildman–Crippen MR) is 140 cm³/mol. The van der Waals surface area contributed by atoms with E-state index >= 15 is 0 Å². The molecule has 0 aliphatic heterocycles. The first-order valence-corrected chi connectivity index (χ1v) is 10.8. The normalized spacial score (nSPS) is 18.9. The lowest BCUT2D eigenvalue weighted by atomic mass is 9.84. The molecule has 0 radical (unpaired) electrons. The molecule has 29 heavy (non-hydrogen) atoms. The molecular formula is C29H56. The van der Waals surface area contributed by atoms with Gasteiger partial charge in [-0.2, -0.15) is 0 Å². The van der Waals surface area contributed by atoms with E-state index in [1.807, 2.05) is 6.92 Å². The van der Waals surface area contributed by atoms with Gasteiger partial charge in [0.15, 0.2) is 0 Å². The van der Waals surface area contributed by atoms with Crippen LogP contribution in [0.5, 0.6) is 0 Å². The van der Waals surface area contributed by atoms with Gasteiger partial charge in [0, 0.05) is 5.92 Å². The molecule has 0 aromatic heterocycles. The van der Waals surface area contributed by atoms with Gasteiger partial charge in [-0.15, -0.1) is 11.8 Å². The largest absolute Gasteiger partial charge is 0.106 e. The number of benzene rings is 1. The minimum atomic E-state index is 0. The Morgan fingerprint density at radius 1 is 0.828 bits per heavy atom. The van der Waals surface area contributed by atoms with Crippen LogP contribution in [0, 0.1) is 35.5 Å². The standard InChI is InChI=1S/C11H16.C8H16.C7H12.3CH4/c1-9(2)10(3)11-7-5-4-6-8-11;1-7-3-5-8(2)6-4-7;1-4-6-7(3)5-2;;;/h4-10H,1-3H3;7-8H,3-6H2,1-2H3;7H,5H2,1-3H3;3*1H4. The monoisotopic (exact) mass is 404 g/mol. The summed E-state index contributed by atoms with van der Waals surface area (Å²) < 4.78 is 0. The average molecular weight is 405 g/mol. The van der Waals surface area contributed by atoms with Crippen molar-refractivity contribution in [2.45, 2.75) is 116 Å². The lowest BCUT2D eigenvalue weighted by molar-refractivity contribution is 0.308. The third-order valence-electron chi connectivity index (χ3n) is 5.63. The minimum Gasteiger partial charge on any atom is -0.106 e. The van der Waals surface area contributed by atoms with Crippen molar-refractivity contribution >= 4 is 0 Å². The molecule has 172 valence electrons. The highest BCUT2D eigenvalue weighted by molar-refractivity contribution is 5.18. The van der Waals surface area contributed by atoms with E-state index < -0.39 is 0 Å². The first kappa shape index (κ1) is 35.2. The van der Waals surface area contributed by atoms with Gasteiger partial charge in [0.2, 0.25) is 0 Å². The van der Waals surface area contributed by atoms with Crippen LogP contribution >= 0.6 is 0 Å². The summed E-state index contributed by atoms with van der Waals surface area (Å²) in [6, 6.07) is 10.7. The van der Waals surface area contributed by atoms with Crippen LogP contribution in [0.15, 0.2) is 30.3 Å².